The molecule has 2 bridgehead atoms. The average molecular weight is 715 g/mol. The number of nitrogens with one attached hydrogen (secondary N) is 4. The van der Waals surface area contributed by atoms with Gasteiger partial charge in [0, 0.05) is 43.5 Å². The molecule has 0 unspecified atom stereocenters. The lowest BCUT2D eigenvalue weighted by Gasteiger charge is -2.25. The molecular weight excluding hydrogens is 668 g/mol. The van der Waals surface area contributed by atoms with Gasteiger partial charge in [-0.05, 0) is 68.4 Å². The van der Waals surface area contributed by atoms with Gasteiger partial charge in [0.25, 0.3) is 11.8 Å². The third-order valence-corrected chi connectivity index (χ3v) is 8.99. The molecule has 0 fully saturated rings. The van der Waals surface area contributed by atoms with E-state index in [1.54, 1.807) is 6.20 Å². The molecule has 1 aromatic heterocycles. The fourth-order valence-electron chi connectivity index (χ4n) is 6.14. The van der Waals surface area contributed by atoms with Crippen LogP contribution >= 0.6 is 0 Å². The Morgan fingerprint density at radius 3 is 2.37 bits per heavy atom. The van der Waals surface area contributed by atoms with Crippen LogP contribution in [-0.4, -0.2) is 98.5 Å². The van der Waals surface area contributed by atoms with Crippen molar-refractivity contribution in [1.29, 1.82) is 0 Å². The lowest BCUT2D eigenvalue weighted by Crippen LogP contribution is -2.54. The highest BCUT2D eigenvalue weighted by molar-refractivity contribution is 5.99. The fraction of sp³-hybridized carbons (Fsp3) is 0.421. The highest BCUT2D eigenvalue weighted by atomic mass is 16.5. The van der Waals surface area contributed by atoms with Gasteiger partial charge in [0.2, 0.25) is 23.5 Å². The Morgan fingerprint density at radius 1 is 0.904 bits per heavy atom. The Labute approximate surface area is 303 Å². The maximum Gasteiger partial charge on any atom is 0.255 e. The molecule has 52 heavy (non-hydrogen) atoms. The molecule has 2 atom stereocenters. The second kappa shape index (κ2) is 18.0. The molecule has 276 valence electrons. The fourth-order valence-corrected chi connectivity index (χ4v) is 6.14. The van der Waals surface area contributed by atoms with E-state index >= 15 is 0 Å². The lowest BCUT2D eigenvalue weighted by atomic mass is 9.95. The van der Waals surface area contributed by atoms with Gasteiger partial charge in [0.15, 0.2) is 11.5 Å². The van der Waals surface area contributed by atoms with E-state index in [1.807, 2.05) is 36.4 Å². The molecule has 0 saturated carbocycles. The second-order valence-corrected chi connectivity index (χ2v) is 12.8. The van der Waals surface area contributed by atoms with Gasteiger partial charge in [-0.3, -0.25) is 29.0 Å². The van der Waals surface area contributed by atoms with E-state index in [0.717, 1.165) is 42.5 Å². The van der Waals surface area contributed by atoms with E-state index in [9.17, 15) is 24.0 Å². The van der Waals surface area contributed by atoms with Gasteiger partial charge in [0.05, 0.1) is 32.9 Å². The van der Waals surface area contributed by atoms with Crippen LogP contribution in [0.1, 0.15) is 63.7 Å². The zero-order valence-corrected chi connectivity index (χ0v) is 29.8. The Morgan fingerprint density at radius 2 is 1.63 bits per heavy atom. The first-order valence-electron chi connectivity index (χ1n) is 17.5. The van der Waals surface area contributed by atoms with Crippen LogP contribution in [0.25, 0.3) is 0 Å². The molecule has 5 amide bonds. The number of pyridine rings is 1. The maximum atomic E-state index is 13.8. The first-order valence-corrected chi connectivity index (χ1v) is 17.5. The van der Waals surface area contributed by atoms with Gasteiger partial charge < -0.3 is 40.4 Å². The number of methoxy groups -OCH3 is 2. The summed E-state index contributed by atoms with van der Waals surface area (Å²) in [6.07, 6.45) is 5.89. The van der Waals surface area contributed by atoms with Gasteiger partial charge in [-0.1, -0.05) is 30.3 Å². The quantitative estimate of drug-likeness (QED) is 0.288. The molecule has 1 aliphatic carbocycles. The van der Waals surface area contributed by atoms with E-state index in [1.165, 1.54) is 38.2 Å². The lowest BCUT2D eigenvalue weighted by molar-refractivity contribution is -0.129. The Bertz CT molecular complexity index is 1740. The molecule has 2 aromatic carbocycles. The minimum Gasteiger partial charge on any atom is -0.493 e. The number of carbonyl (C=O) groups excluding carboxylic acids is 5. The summed E-state index contributed by atoms with van der Waals surface area (Å²) in [5.41, 5.74) is 3.35. The minimum absolute atomic E-state index is 0.0107. The van der Waals surface area contributed by atoms with Crippen molar-refractivity contribution in [2.24, 2.45) is 0 Å². The summed E-state index contributed by atoms with van der Waals surface area (Å²) in [4.78, 5) is 73.2. The summed E-state index contributed by atoms with van der Waals surface area (Å²) in [6.45, 7) is 1.72. The van der Waals surface area contributed by atoms with E-state index in [4.69, 9.17) is 14.2 Å². The van der Waals surface area contributed by atoms with E-state index in [2.05, 4.69) is 26.3 Å². The molecule has 0 saturated heterocycles. The van der Waals surface area contributed by atoms with Crippen molar-refractivity contribution in [3.05, 3.63) is 82.7 Å². The molecule has 6 rings (SSSR count). The molecule has 3 heterocycles. The molecule has 0 radical (unpaired) electrons. The van der Waals surface area contributed by atoms with Crippen LogP contribution in [0.4, 0.5) is 0 Å². The monoisotopic (exact) mass is 714 g/mol. The van der Waals surface area contributed by atoms with Crippen molar-refractivity contribution >= 4 is 29.5 Å². The predicted molar refractivity (Wildman–Crippen MR) is 191 cm³/mol. The van der Waals surface area contributed by atoms with Gasteiger partial charge in [0.1, 0.15) is 12.1 Å². The van der Waals surface area contributed by atoms with Crippen molar-refractivity contribution in [1.82, 2.24) is 31.2 Å². The standard InChI is InChI=1S/C38H46N6O8/c1-24-35(46)43-30(18-25-10-5-4-6-11-25)37(48)40-15-16-44(38(49)28-19-26-12-7-8-13-29(26)41-22-28)23-33(45)39-14-9-17-52-34-31(50-2)20-27(36(47)42-24)21-32(34)51-3/h4-6,10-11,19-22,24,30H,7-9,12-18,23H2,1-3H3,(H,39,45)(H,40,48)(H,42,47)(H,43,46)/t24-,30+/m0/s1. The van der Waals surface area contributed by atoms with Crippen LogP contribution in [0.5, 0.6) is 17.2 Å². The molecule has 4 N–H and O–H groups in total. The topological polar surface area (TPSA) is 177 Å². The number of ether oxygens (including phenoxy) is 3. The normalized spacial score (nSPS) is 19.3. The van der Waals surface area contributed by atoms with Crippen molar-refractivity contribution in [2.45, 2.75) is 57.5 Å². The number of aryl methyl sites for hydroxylation is 2. The number of benzene rings is 2. The summed E-state index contributed by atoms with van der Waals surface area (Å²) < 4.78 is 16.9. The van der Waals surface area contributed by atoms with Crippen LogP contribution in [-0.2, 0) is 33.6 Å². The molecule has 3 aromatic rings. The third kappa shape index (κ3) is 9.77. The van der Waals surface area contributed by atoms with Crippen LogP contribution in [0.15, 0.2) is 54.7 Å². The van der Waals surface area contributed by atoms with Crippen molar-refractivity contribution in [3.63, 3.8) is 0 Å². The number of fused-ring (bicyclic) bond motifs is 20. The highest BCUT2D eigenvalue weighted by Crippen LogP contribution is 2.38. The summed E-state index contributed by atoms with van der Waals surface area (Å²) in [5, 5.41) is 11.1. The van der Waals surface area contributed by atoms with Crippen molar-refractivity contribution in [2.75, 3.05) is 47.0 Å². The Balaban J connectivity index is 1.40. The Hall–Kier alpha value is -5.66. The van der Waals surface area contributed by atoms with E-state index in [0.29, 0.717) is 12.0 Å². The minimum atomic E-state index is -1.03. The maximum absolute atomic E-state index is 13.8. The largest absolute Gasteiger partial charge is 0.493 e. The van der Waals surface area contributed by atoms with Gasteiger partial charge in [-0.25, -0.2) is 0 Å². The number of carbonyl (C=O) groups is 5. The zero-order chi connectivity index (χ0) is 37.0. The number of nitrogens with zero attached hydrogens (tertiary/aromatic N) is 2. The van der Waals surface area contributed by atoms with Crippen LogP contribution in [0, 0.1) is 0 Å². The molecule has 2 aliphatic heterocycles. The number of hydrogen-bond acceptors (Lipinski definition) is 9. The molecule has 14 heteroatoms. The second-order valence-electron chi connectivity index (χ2n) is 12.8. The number of hydrogen-bond donors (Lipinski definition) is 4. The van der Waals surface area contributed by atoms with Crippen molar-refractivity contribution in [3.8, 4) is 17.2 Å². The van der Waals surface area contributed by atoms with Gasteiger partial charge >= 0.3 is 0 Å². The highest BCUT2D eigenvalue weighted by Gasteiger charge is 2.27. The first-order chi connectivity index (χ1) is 25.2. The number of rotatable bonds is 5. The van der Waals surface area contributed by atoms with Crippen LogP contribution in [0.2, 0.25) is 0 Å². The summed E-state index contributed by atoms with van der Waals surface area (Å²) in [6, 6.07) is 11.9. The first kappa shape index (κ1) is 37.6. The van der Waals surface area contributed by atoms with Crippen LogP contribution in [0.3, 0.4) is 0 Å². The summed E-state index contributed by atoms with van der Waals surface area (Å²) in [5.74, 6) is -1.68. The molecule has 0 spiro atoms. The number of aromatic nitrogens is 1. The molecular formula is C38H46N6O8. The summed E-state index contributed by atoms with van der Waals surface area (Å²) >= 11 is 0. The third-order valence-electron chi connectivity index (χ3n) is 8.99. The van der Waals surface area contributed by atoms with Crippen molar-refractivity contribution < 1.29 is 38.2 Å². The zero-order valence-electron chi connectivity index (χ0n) is 29.8. The number of amides is 5. The smallest absolute Gasteiger partial charge is 0.255 e. The van der Waals surface area contributed by atoms with E-state index < -0.39 is 29.8 Å². The van der Waals surface area contributed by atoms with E-state index in [-0.39, 0.29) is 73.8 Å². The van der Waals surface area contributed by atoms with Crippen LogP contribution < -0.4 is 35.5 Å². The molecule has 3 aliphatic rings. The van der Waals surface area contributed by atoms with Gasteiger partial charge in [-0.15, -0.1) is 0 Å². The summed E-state index contributed by atoms with van der Waals surface area (Å²) in [7, 11) is 2.85. The average Bonchev–Trinajstić information content (AvgIpc) is 3.16. The molecule has 14 nitrogen and oxygen atoms in total. The SMILES string of the molecule is COc1cc2cc(OC)c1OCCCNC(=O)CN(C(=O)c1cnc3c(c1)CCCC3)CCNC(=O)[C@@H](Cc1ccccc1)NC(=O)[C@H](C)NC2=O. The Kier molecular flexibility index (Phi) is 13.0. The van der Waals surface area contributed by atoms with Gasteiger partial charge in [-0.2, -0.15) is 0 Å². The predicted octanol–water partition coefficient (Wildman–Crippen LogP) is 1.98.